The van der Waals surface area contributed by atoms with Gasteiger partial charge in [-0.2, -0.15) is 0 Å². The lowest BCUT2D eigenvalue weighted by molar-refractivity contribution is -0.148. The average molecular weight is 442 g/mol. The number of alkyl carbamates (subject to hydrolysis) is 1. The number of nitrogens with one attached hydrogen (secondary N) is 2. The Kier molecular flexibility index (Phi) is 9.36. The van der Waals surface area contributed by atoms with Gasteiger partial charge in [-0.25, -0.2) is 9.59 Å². The van der Waals surface area contributed by atoms with Crippen LogP contribution in [0.15, 0.2) is 35.5 Å². The number of ether oxygens (including phenoxy) is 2. The topological polar surface area (TPSA) is 136 Å². The molecule has 1 aromatic carbocycles. The maximum atomic E-state index is 12.7. The van der Waals surface area contributed by atoms with Crippen molar-refractivity contribution in [2.45, 2.75) is 44.6 Å². The first-order chi connectivity index (χ1) is 14.4. The van der Waals surface area contributed by atoms with Crippen LogP contribution in [0.1, 0.15) is 25.3 Å². The molecular weight excluding hydrogens is 418 g/mol. The number of aliphatic hydroxyl groups excluding tert-OH is 1. The Labute approximate surface area is 178 Å². The molecule has 3 atom stereocenters. The molecule has 1 unspecified atom stereocenters. The van der Waals surface area contributed by atoms with Crippen molar-refractivity contribution in [2.24, 2.45) is 5.16 Å². The first-order valence-electron chi connectivity index (χ1n) is 9.36. The highest BCUT2D eigenvalue weighted by molar-refractivity contribution is 6.65. The minimum atomic E-state index is -1.27. The SMILES string of the molecule is CCOC(=O)[C@H](CO)NC(=O)[C@H](CC1CC(Cl)=NO1)NC(=O)OCc1ccccc1. The molecule has 1 heterocycles. The second-order valence-electron chi connectivity index (χ2n) is 6.39. The summed E-state index contributed by atoms with van der Waals surface area (Å²) in [6.07, 6.45) is -1.08. The summed E-state index contributed by atoms with van der Waals surface area (Å²) in [4.78, 5) is 41.8. The highest BCUT2D eigenvalue weighted by Crippen LogP contribution is 2.18. The van der Waals surface area contributed by atoms with E-state index < -0.39 is 42.8 Å². The van der Waals surface area contributed by atoms with Crippen molar-refractivity contribution in [1.29, 1.82) is 0 Å². The Hall–Kier alpha value is -2.85. The van der Waals surface area contributed by atoms with Gasteiger partial charge < -0.3 is 30.1 Å². The summed E-state index contributed by atoms with van der Waals surface area (Å²) in [6, 6.07) is 6.62. The third-order valence-electron chi connectivity index (χ3n) is 4.09. The standard InChI is InChI=1S/C19H24ClN3O7/c1-2-28-18(26)15(10-24)21-17(25)14(8-13-9-16(20)23-30-13)22-19(27)29-11-12-6-4-3-5-7-12/h3-7,13-15,24H,2,8-11H2,1H3,(H,21,25)(H,22,27)/t13?,14-,15-/m0/s1. The molecule has 0 aliphatic carbocycles. The monoisotopic (exact) mass is 441 g/mol. The number of hydrogen-bond acceptors (Lipinski definition) is 8. The van der Waals surface area contributed by atoms with Crippen LogP contribution in [0.4, 0.5) is 4.79 Å². The predicted octanol–water partition coefficient (Wildman–Crippen LogP) is 1.05. The van der Waals surface area contributed by atoms with Crippen molar-refractivity contribution in [2.75, 3.05) is 13.2 Å². The van der Waals surface area contributed by atoms with E-state index in [1.807, 2.05) is 6.07 Å². The Bertz CT molecular complexity index is 760. The fourth-order valence-electron chi connectivity index (χ4n) is 2.62. The summed E-state index contributed by atoms with van der Waals surface area (Å²) in [7, 11) is 0. The number of nitrogens with zero attached hydrogens (tertiary/aromatic N) is 1. The van der Waals surface area contributed by atoms with Crippen LogP contribution in [0.5, 0.6) is 0 Å². The van der Waals surface area contributed by atoms with Crippen molar-refractivity contribution >= 4 is 34.7 Å². The molecule has 0 radical (unpaired) electrons. The number of esters is 1. The Morgan fingerprint density at radius 2 is 1.97 bits per heavy atom. The molecule has 0 fully saturated rings. The number of hydrogen-bond donors (Lipinski definition) is 3. The van der Waals surface area contributed by atoms with Gasteiger partial charge in [-0.3, -0.25) is 4.79 Å². The molecule has 2 amide bonds. The van der Waals surface area contributed by atoms with Crippen LogP contribution in [-0.4, -0.2) is 59.6 Å². The minimum absolute atomic E-state index is 0.0119. The molecule has 0 bridgehead atoms. The van der Waals surface area contributed by atoms with Gasteiger partial charge in [0, 0.05) is 12.8 Å². The molecule has 1 aliphatic heterocycles. The van der Waals surface area contributed by atoms with E-state index in [2.05, 4.69) is 15.8 Å². The van der Waals surface area contributed by atoms with Crippen LogP contribution >= 0.6 is 11.6 Å². The number of aliphatic hydroxyl groups is 1. The third kappa shape index (κ3) is 7.53. The predicted molar refractivity (Wildman–Crippen MR) is 107 cm³/mol. The number of rotatable bonds is 10. The van der Waals surface area contributed by atoms with Gasteiger partial charge in [0.15, 0.2) is 6.04 Å². The molecule has 0 aromatic heterocycles. The van der Waals surface area contributed by atoms with Gasteiger partial charge in [0.1, 0.15) is 23.9 Å². The fraction of sp³-hybridized carbons (Fsp3) is 0.474. The van der Waals surface area contributed by atoms with Gasteiger partial charge in [0.25, 0.3) is 0 Å². The molecule has 0 saturated heterocycles. The number of carbonyl (C=O) groups excluding carboxylic acids is 3. The van der Waals surface area contributed by atoms with E-state index in [1.165, 1.54) is 0 Å². The van der Waals surface area contributed by atoms with E-state index in [0.717, 1.165) is 5.56 Å². The van der Waals surface area contributed by atoms with Crippen molar-refractivity contribution in [1.82, 2.24) is 10.6 Å². The highest BCUT2D eigenvalue weighted by atomic mass is 35.5. The number of halogens is 1. The molecule has 2 rings (SSSR count). The first kappa shape index (κ1) is 23.4. The zero-order valence-corrected chi connectivity index (χ0v) is 17.1. The lowest BCUT2D eigenvalue weighted by Gasteiger charge is -2.22. The lowest BCUT2D eigenvalue weighted by atomic mass is 10.1. The summed E-state index contributed by atoms with van der Waals surface area (Å²) in [5.74, 6) is -1.51. The molecular formula is C19H24ClN3O7. The largest absolute Gasteiger partial charge is 0.464 e. The van der Waals surface area contributed by atoms with Crippen LogP contribution in [0.2, 0.25) is 0 Å². The normalized spacial score (nSPS) is 17.2. The van der Waals surface area contributed by atoms with E-state index in [-0.39, 0.29) is 31.2 Å². The zero-order valence-electron chi connectivity index (χ0n) is 16.4. The molecule has 3 N–H and O–H groups in total. The molecule has 164 valence electrons. The minimum Gasteiger partial charge on any atom is -0.464 e. The Morgan fingerprint density at radius 3 is 2.57 bits per heavy atom. The molecule has 10 nitrogen and oxygen atoms in total. The summed E-state index contributed by atoms with van der Waals surface area (Å²) in [5, 5.41) is 18.0. The molecule has 11 heteroatoms. The van der Waals surface area contributed by atoms with Gasteiger partial charge in [-0.15, -0.1) is 0 Å². The highest BCUT2D eigenvalue weighted by Gasteiger charge is 2.32. The van der Waals surface area contributed by atoms with Gasteiger partial charge in [0.05, 0.1) is 13.2 Å². The van der Waals surface area contributed by atoms with Gasteiger partial charge in [-0.1, -0.05) is 47.1 Å². The zero-order chi connectivity index (χ0) is 21.9. The van der Waals surface area contributed by atoms with Crippen LogP contribution in [0.3, 0.4) is 0 Å². The third-order valence-corrected chi connectivity index (χ3v) is 4.31. The van der Waals surface area contributed by atoms with E-state index >= 15 is 0 Å². The van der Waals surface area contributed by atoms with Crippen LogP contribution in [0, 0.1) is 0 Å². The molecule has 1 aromatic rings. The van der Waals surface area contributed by atoms with E-state index in [0.29, 0.717) is 0 Å². The summed E-state index contributed by atoms with van der Waals surface area (Å²) in [6.45, 7) is 1.04. The van der Waals surface area contributed by atoms with Crippen LogP contribution < -0.4 is 10.6 Å². The molecule has 0 saturated carbocycles. The first-order valence-corrected chi connectivity index (χ1v) is 9.74. The smallest absolute Gasteiger partial charge is 0.408 e. The van der Waals surface area contributed by atoms with Crippen LogP contribution in [0.25, 0.3) is 0 Å². The fourth-order valence-corrected chi connectivity index (χ4v) is 2.83. The number of oxime groups is 1. The van der Waals surface area contributed by atoms with Crippen molar-refractivity contribution in [3.63, 3.8) is 0 Å². The van der Waals surface area contributed by atoms with Crippen molar-refractivity contribution in [3.8, 4) is 0 Å². The van der Waals surface area contributed by atoms with Gasteiger partial charge in [-0.05, 0) is 12.5 Å². The Balaban J connectivity index is 1.98. The Morgan fingerprint density at radius 1 is 1.23 bits per heavy atom. The maximum absolute atomic E-state index is 12.7. The molecule has 1 aliphatic rings. The summed E-state index contributed by atoms with van der Waals surface area (Å²) < 4.78 is 9.95. The lowest BCUT2D eigenvalue weighted by Crippen LogP contribution is -2.54. The second kappa shape index (κ2) is 12.0. The quantitative estimate of drug-likeness (QED) is 0.462. The number of carbonyl (C=O) groups is 3. The molecule has 30 heavy (non-hydrogen) atoms. The van der Waals surface area contributed by atoms with Gasteiger partial charge >= 0.3 is 12.1 Å². The maximum Gasteiger partial charge on any atom is 0.408 e. The van der Waals surface area contributed by atoms with E-state index in [1.54, 1.807) is 31.2 Å². The average Bonchev–Trinajstić information content (AvgIpc) is 3.15. The van der Waals surface area contributed by atoms with Crippen molar-refractivity contribution in [3.05, 3.63) is 35.9 Å². The van der Waals surface area contributed by atoms with Crippen LogP contribution in [-0.2, 0) is 30.5 Å². The van der Waals surface area contributed by atoms with E-state index in [4.69, 9.17) is 25.9 Å². The van der Waals surface area contributed by atoms with Crippen molar-refractivity contribution < 1.29 is 33.8 Å². The number of amides is 2. The van der Waals surface area contributed by atoms with E-state index in [9.17, 15) is 19.5 Å². The number of benzene rings is 1. The van der Waals surface area contributed by atoms with Gasteiger partial charge in [0.2, 0.25) is 5.91 Å². The molecule has 0 spiro atoms. The summed E-state index contributed by atoms with van der Waals surface area (Å²) >= 11 is 5.79. The second-order valence-corrected chi connectivity index (χ2v) is 6.83. The summed E-state index contributed by atoms with van der Waals surface area (Å²) in [5.41, 5.74) is 0.774.